The highest BCUT2D eigenvalue weighted by molar-refractivity contribution is 4.92. The summed E-state index contributed by atoms with van der Waals surface area (Å²) in [5.74, 6) is 0. The van der Waals surface area contributed by atoms with Crippen molar-refractivity contribution in [1.29, 1.82) is 0 Å². The molecule has 0 aliphatic carbocycles. The Kier molecular flexibility index (Phi) is 4.22. The van der Waals surface area contributed by atoms with Crippen LogP contribution in [0, 0.1) is 0 Å². The fraction of sp³-hybridized carbons (Fsp3) is 1.00. The van der Waals surface area contributed by atoms with Gasteiger partial charge < -0.3 is 10.2 Å². The highest BCUT2D eigenvalue weighted by Crippen LogP contribution is 2.24. The minimum absolute atomic E-state index is 0.763. The quantitative estimate of drug-likeness (QED) is 0.774. The van der Waals surface area contributed by atoms with Crippen molar-refractivity contribution in [3.8, 4) is 0 Å². The Hall–Kier alpha value is -0.120. The fourth-order valence-corrected chi connectivity index (χ4v) is 3.24. The largest absolute Gasteiger partial charge is 0.315 e. The van der Waals surface area contributed by atoms with Crippen LogP contribution < -0.4 is 5.32 Å². The maximum atomic E-state index is 3.50. The Bertz CT molecular complexity index is 203. The van der Waals surface area contributed by atoms with Crippen molar-refractivity contribution in [3.63, 3.8) is 0 Å². The maximum absolute atomic E-state index is 3.50. The lowest BCUT2D eigenvalue weighted by Crippen LogP contribution is -2.45. The van der Waals surface area contributed by atoms with E-state index in [1.165, 1.54) is 45.4 Å². The first-order valence-electron chi connectivity index (χ1n) is 6.89. The zero-order valence-corrected chi connectivity index (χ0v) is 11.1. The van der Waals surface area contributed by atoms with Gasteiger partial charge in [-0.2, -0.15) is 0 Å². The molecule has 2 aliphatic heterocycles. The van der Waals surface area contributed by atoms with Gasteiger partial charge in [0, 0.05) is 31.2 Å². The van der Waals surface area contributed by atoms with E-state index in [-0.39, 0.29) is 0 Å². The summed E-state index contributed by atoms with van der Waals surface area (Å²) < 4.78 is 0. The Balaban J connectivity index is 1.96. The minimum atomic E-state index is 0.763. The van der Waals surface area contributed by atoms with Crippen LogP contribution in [0.4, 0.5) is 0 Å². The second-order valence-electron chi connectivity index (χ2n) is 5.56. The van der Waals surface area contributed by atoms with Gasteiger partial charge in [0.25, 0.3) is 0 Å². The van der Waals surface area contributed by atoms with Gasteiger partial charge in [-0.15, -0.1) is 0 Å². The van der Waals surface area contributed by atoms with Crippen molar-refractivity contribution >= 4 is 0 Å². The molecule has 0 bridgehead atoms. The number of likely N-dealkylation sites (N-methyl/N-ethyl adjacent to an activating group) is 1. The van der Waals surface area contributed by atoms with Gasteiger partial charge in [0.1, 0.15) is 0 Å². The Morgan fingerprint density at radius 2 is 2.19 bits per heavy atom. The van der Waals surface area contributed by atoms with E-state index in [0.717, 1.165) is 18.1 Å². The van der Waals surface area contributed by atoms with Crippen molar-refractivity contribution in [3.05, 3.63) is 0 Å². The van der Waals surface area contributed by atoms with E-state index in [4.69, 9.17) is 0 Å². The van der Waals surface area contributed by atoms with Gasteiger partial charge in [0.05, 0.1) is 0 Å². The van der Waals surface area contributed by atoms with Crippen LogP contribution in [0.15, 0.2) is 0 Å². The predicted octanol–water partition coefficient (Wildman–Crippen LogP) is 1.15. The van der Waals surface area contributed by atoms with Gasteiger partial charge >= 0.3 is 0 Å². The van der Waals surface area contributed by atoms with Gasteiger partial charge in [-0.3, -0.25) is 4.90 Å². The Morgan fingerprint density at radius 1 is 1.38 bits per heavy atom. The van der Waals surface area contributed by atoms with Crippen LogP contribution in [0.25, 0.3) is 0 Å². The molecule has 1 N–H and O–H groups in total. The standard InChI is InChI=1S/C13H27N3/c1-4-7-16(12-5-6-14-9-12)13-8-11(2)15(3)10-13/h11-14H,4-10H2,1-3H3. The molecule has 2 saturated heterocycles. The smallest absolute Gasteiger partial charge is 0.0241 e. The molecular formula is C13H27N3. The highest BCUT2D eigenvalue weighted by Gasteiger charge is 2.34. The minimum Gasteiger partial charge on any atom is -0.315 e. The van der Waals surface area contributed by atoms with Crippen LogP contribution in [0.5, 0.6) is 0 Å². The molecule has 3 nitrogen and oxygen atoms in total. The molecule has 0 aromatic carbocycles. The van der Waals surface area contributed by atoms with Crippen molar-refractivity contribution in [2.24, 2.45) is 0 Å². The van der Waals surface area contributed by atoms with Gasteiger partial charge in [0.15, 0.2) is 0 Å². The second kappa shape index (κ2) is 5.48. The van der Waals surface area contributed by atoms with Crippen LogP contribution in [-0.4, -0.2) is 61.2 Å². The van der Waals surface area contributed by atoms with E-state index in [0.29, 0.717) is 0 Å². The molecule has 3 unspecified atom stereocenters. The van der Waals surface area contributed by atoms with Gasteiger partial charge in [0.2, 0.25) is 0 Å². The van der Waals surface area contributed by atoms with Crippen LogP contribution >= 0.6 is 0 Å². The first-order chi connectivity index (χ1) is 7.72. The normalized spacial score (nSPS) is 36.4. The zero-order valence-electron chi connectivity index (χ0n) is 11.1. The maximum Gasteiger partial charge on any atom is 0.0241 e. The molecule has 2 heterocycles. The molecule has 94 valence electrons. The topological polar surface area (TPSA) is 18.5 Å². The molecular weight excluding hydrogens is 198 g/mol. The molecule has 16 heavy (non-hydrogen) atoms. The summed E-state index contributed by atoms with van der Waals surface area (Å²) in [5, 5.41) is 3.50. The lowest BCUT2D eigenvalue weighted by molar-refractivity contribution is 0.145. The van der Waals surface area contributed by atoms with Gasteiger partial charge in [-0.05, 0) is 46.3 Å². The molecule has 2 rings (SSSR count). The molecule has 0 aromatic rings. The second-order valence-corrected chi connectivity index (χ2v) is 5.56. The van der Waals surface area contributed by atoms with Crippen LogP contribution in [-0.2, 0) is 0 Å². The van der Waals surface area contributed by atoms with Crippen molar-refractivity contribution in [2.45, 2.75) is 51.2 Å². The summed E-state index contributed by atoms with van der Waals surface area (Å²) in [4.78, 5) is 5.29. The molecule has 0 spiro atoms. The Morgan fingerprint density at radius 3 is 2.69 bits per heavy atom. The van der Waals surface area contributed by atoms with Crippen LogP contribution in [0.2, 0.25) is 0 Å². The molecule has 2 fully saturated rings. The lowest BCUT2D eigenvalue weighted by Gasteiger charge is -2.33. The molecule has 0 radical (unpaired) electrons. The summed E-state index contributed by atoms with van der Waals surface area (Å²) >= 11 is 0. The lowest BCUT2D eigenvalue weighted by atomic mass is 10.1. The highest BCUT2D eigenvalue weighted by atomic mass is 15.3. The number of nitrogens with zero attached hydrogens (tertiary/aromatic N) is 2. The summed E-state index contributed by atoms with van der Waals surface area (Å²) in [6.45, 7) is 9.61. The monoisotopic (exact) mass is 225 g/mol. The molecule has 3 heteroatoms. The number of rotatable bonds is 4. The summed E-state index contributed by atoms with van der Waals surface area (Å²) in [6.07, 6.45) is 3.98. The summed E-state index contributed by atoms with van der Waals surface area (Å²) in [6, 6.07) is 2.35. The van der Waals surface area contributed by atoms with E-state index in [9.17, 15) is 0 Å². The van der Waals surface area contributed by atoms with Crippen LogP contribution in [0.1, 0.15) is 33.1 Å². The number of hydrogen-bond donors (Lipinski definition) is 1. The third kappa shape index (κ3) is 2.58. The van der Waals surface area contributed by atoms with Crippen molar-refractivity contribution < 1.29 is 0 Å². The fourth-order valence-electron chi connectivity index (χ4n) is 3.24. The van der Waals surface area contributed by atoms with E-state index in [2.05, 4.69) is 36.0 Å². The molecule has 3 atom stereocenters. The van der Waals surface area contributed by atoms with Crippen molar-refractivity contribution in [2.75, 3.05) is 33.2 Å². The van der Waals surface area contributed by atoms with Crippen molar-refractivity contribution in [1.82, 2.24) is 15.1 Å². The number of likely N-dealkylation sites (tertiary alicyclic amines) is 1. The van der Waals surface area contributed by atoms with Gasteiger partial charge in [-0.25, -0.2) is 0 Å². The first kappa shape index (κ1) is 12.3. The third-order valence-corrected chi connectivity index (χ3v) is 4.32. The van der Waals surface area contributed by atoms with E-state index in [1.54, 1.807) is 0 Å². The summed E-state index contributed by atoms with van der Waals surface area (Å²) in [7, 11) is 2.27. The number of hydrogen-bond acceptors (Lipinski definition) is 3. The zero-order chi connectivity index (χ0) is 11.5. The predicted molar refractivity (Wildman–Crippen MR) is 68.8 cm³/mol. The average Bonchev–Trinajstić information content (AvgIpc) is 2.86. The average molecular weight is 225 g/mol. The van der Waals surface area contributed by atoms with Gasteiger partial charge in [-0.1, -0.05) is 6.92 Å². The third-order valence-electron chi connectivity index (χ3n) is 4.32. The molecule has 0 saturated carbocycles. The molecule has 0 aromatic heterocycles. The van der Waals surface area contributed by atoms with E-state index in [1.807, 2.05) is 0 Å². The SMILES string of the molecule is CCCN(C1CCNC1)C1CC(C)N(C)C1. The molecule has 2 aliphatic rings. The Labute approximate surface area is 100 Å². The first-order valence-corrected chi connectivity index (χ1v) is 6.89. The van der Waals surface area contributed by atoms with E-state index < -0.39 is 0 Å². The van der Waals surface area contributed by atoms with E-state index >= 15 is 0 Å². The summed E-state index contributed by atoms with van der Waals surface area (Å²) in [5.41, 5.74) is 0. The number of nitrogens with one attached hydrogen (secondary N) is 1. The van der Waals surface area contributed by atoms with Crippen LogP contribution in [0.3, 0.4) is 0 Å². The molecule has 0 amide bonds.